The molecule has 1 aromatic rings. The first-order valence-electron chi connectivity index (χ1n) is 9.40. The van der Waals surface area contributed by atoms with E-state index in [4.69, 9.17) is 4.74 Å². The van der Waals surface area contributed by atoms with Crippen LogP contribution in [-0.2, 0) is 18.3 Å². The lowest BCUT2D eigenvalue weighted by atomic mass is 10.0. The van der Waals surface area contributed by atoms with Gasteiger partial charge in [-0.1, -0.05) is 13.8 Å². The number of rotatable bonds is 7. The highest BCUT2D eigenvalue weighted by molar-refractivity contribution is 5.79. The van der Waals surface area contributed by atoms with Gasteiger partial charge in [0.1, 0.15) is 5.60 Å². The molecule has 0 radical (unpaired) electrons. The van der Waals surface area contributed by atoms with Crippen molar-refractivity contribution in [2.75, 3.05) is 20.6 Å². The van der Waals surface area contributed by atoms with E-state index in [1.807, 2.05) is 47.3 Å². The van der Waals surface area contributed by atoms with Crippen molar-refractivity contribution in [1.29, 1.82) is 0 Å². The van der Waals surface area contributed by atoms with Crippen LogP contribution in [-0.4, -0.2) is 59.0 Å². The number of aryl methyl sites for hydroxylation is 1. The molecule has 1 atom stereocenters. The third kappa shape index (κ3) is 8.79. The Morgan fingerprint density at radius 1 is 1.41 bits per heavy atom. The van der Waals surface area contributed by atoms with E-state index in [1.165, 1.54) is 0 Å². The summed E-state index contributed by atoms with van der Waals surface area (Å²) >= 11 is 0. The topological polar surface area (TPSA) is 83.8 Å². The van der Waals surface area contributed by atoms with Crippen LogP contribution in [0.2, 0.25) is 0 Å². The highest BCUT2D eigenvalue weighted by atomic mass is 16.6. The number of nitrogens with one attached hydrogen (secondary N) is 2. The molecule has 154 valence electrons. The molecule has 1 aromatic heterocycles. The Bertz CT molecular complexity index is 618. The minimum Gasteiger partial charge on any atom is -0.444 e. The van der Waals surface area contributed by atoms with Crippen LogP contribution >= 0.6 is 0 Å². The van der Waals surface area contributed by atoms with Gasteiger partial charge in [-0.25, -0.2) is 4.79 Å². The molecule has 8 nitrogen and oxygen atoms in total. The molecule has 0 saturated heterocycles. The molecule has 27 heavy (non-hydrogen) atoms. The average Bonchev–Trinajstić information content (AvgIpc) is 2.95. The van der Waals surface area contributed by atoms with Gasteiger partial charge in [-0.2, -0.15) is 5.10 Å². The maximum atomic E-state index is 12.1. The second kappa shape index (κ2) is 10.2. The number of ether oxygens (including phenoxy) is 1. The molecule has 0 aliphatic rings. The molecule has 0 aliphatic heterocycles. The third-order valence-corrected chi connectivity index (χ3v) is 4.06. The summed E-state index contributed by atoms with van der Waals surface area (Å²) < 4.78 is 7.15. The van der Waals surface area contributed by atoms with E-state index in [2.05, 4.69) is 39.5 Å². The number of hydrogen-bond donors (Lipinski definition) is 2. The van der Waals surface area contributed by atoms with Gasteiger partial charge in [0.05, 0.1) is 6.20 Å². The Labute approximate surface area is 163 Å². The Morgan fingerprint density at radius 3 is 2.56 bits per heavy atom. The lowest BCUT2D eigenvalue weighted by Crippen LogP contribution is -2.45. The molecule has 1 unspecified atom stereocenters. The minimum atomic E-state index is -0.499. The number of alkyl carbamates (subject to hydrolysis) is 1. The molecule has 1 amide bonds. The first-order chi connectivity index (χ1) is 12.5. The largest absolute Gasteiger partial charge is 0.444 e. The highest BCUT2D eigenvalue weighted by Crippen LogP contribution is 2.11. The Hall–Kier alpha value is -2.25. The van der Waals surface area contributed by atoms with Crippen molar-refractivity contribution >= 4 is 12.1 Å². The van der Waals surface area contributed by atoms with Gasteiger partial charge in [-0.15, -0.1) is 0 Å². The van der Waals surface area contributed by atoms with E-state index in [-0.39, 0.29) is 12.1 Å². The van der Waals surface area contributed by atoms with Crippen LogP contribution in [0.5, 0.6) is 0 Å². The number of aliphatic imine (C=N–C) groups is 1. The summed E-state index contributed by atoms with van der Waals surface area (Å²) in [6, 6.07) is 0.0266. The van der Waals surface area contributed by atoms with E-state index in [1.54, 1.807) is 11.7 Å². The summed E-state index contributed by atoms with van der Waals surface area (Å²) in [4.78, 5) is 18.5. The number of amides is 1. The van der Waals surface area contributed by atoms with Crippen LogP contribution < -0.4 is 10.6 Å². The number of carbonyl (C=O) groups excluding carboxylic acids is 1. The van der Waals surface area contributed by atoms with E-state index < -0.39 is 5.60 Å². The van der Waals surface area contributed by atoms with Crippen molar-refractivity contribution in [3.8, 4) is 0 Å². The summed E-state index contributed by atoms with van der Waals surface area (Å²) in [6.07, 6.45) is 4.23. The van der Waals surface area contributed by atoms with Crippen molar-refractivity contribution in [3.63, 3.8) is 0 Å². The fraction of sp³-hybridized carbons (Fsp3) is 0.737. The lowest BCUT2D eigenvalue weighted by Gasteiger charge is -2.28. The molecule has 0 aliphatic carbocycles. The monoisotopic (exact) mass is 380 g/mol. The second-order valence-electron chi connectivity index (χ2n) is 8.13. The first-order valence-corrected chi connectivity index (χ1v) is 9.40. The van der Waals surface area contributed by atoms with Crippen LogP contribution in [0.3, 0.4) is 0 Å². The maximum Gasteiger partial charge on any atom is 0.407 e. The van der Waals surface area contributed by atoms with Gasteiger partial charge < -0.3 is 20.3 Å². The predicted molar refractivity (Wildman–Crippen MR) is 109 cm³/mol. The molecule has 1 rings (SSSR count). The van der Waals surface area contributed by atoms with E-state index in [0.717, 1.165) is 24.5 Å². The molecule has 0 saturated carbocycles. The van der Waals surface area contributed by atoms with Gasteiger partial charge in [0, 0.05) is 52.0 Å². The maximum absolute atomic E-state index is 12.1. The quantitative estimate of drug-likeness (QED) is 0.560. The van der Waals surface area contributed by atoms with Crippen molar-refractivity contribution < 1.29 is 9.53 Å². The molecule has 2 N–H and O–H groups in total. The lowest BCUT2D eigenvalue weighted by molar-refractivity contribution is 0.0486. The molecule has 8 heteroatoms. The number of guanidine groups is 1. The van der Waals surface area contributed by atoms with Gasteiger partial charge in [-0.3, -0.25) is 9.67 Å². The standard InChI is InChI=1S/C19H36N6O2/c1-14(2)16(23-18(26)27-19(3,4)5)9-10-24(7)17(20-6)21-11-15-12-22-25(8)13-15/h12-14,16H,9-11H2,1-8H3,(H,20,21)(H,23,26). The SMILES string of the molecule is CN=C(NCc1cnn(C)c1)N(C)CCC(NC(=O)OC(C)(C)C)C(C)C. The molecule has 0 bridgehead atoms. The van der Waals surface area contributed by atoms with Crippen molar-refractivity contribution in [3.05, 3.63) is 18.0 Å². The summed E-state index contributed by atoms with van der Waals surface area (Å²) in [6.45, 7) is 11.2. The fourth-order valence-electron chi connectivity index (χ4n) is 2.60. The van der Waals surface area contributed by atoms with Crippen molar-refractivity contribution in [2.45, 2.75) is 59.2 Å². The summed E-state index contributed by atoms with van der Waals surface area (Å²) in [5, 5.41) is 10.5. The van der Waals surface area contributed by atoms with E-state index in [0.29, 0.717) is 12.5 Å². The van der Waals surface area contributed by atoms with Gasteiger partial charge in [0.2, 0.25) is 0 Å². The summed E-state index contributed by atoms with van der Waals surface area (Å²) in [7, 11) is 5.65. The molecule has 1 heterocycles. The third-order valence-electron chi connectivity index (χ3n) is 4.06. The number of carbonyl (C=O) groups is 1. The fourth-order valence-corrected chi connectivity index (χ4v) is 2.60. The Balaban J connectivity index is 2.53. The van der Waals surface area contributed by atoms with Crippen LogP contribution in [0.15, 0.2) is 17.4 Å². The zero-order valence-corrected chi connectivity index (χ0v) is 18.0. The number of aromatic nitrogens is 2. The number of nitrogens with zero attached hydrogens (tertiary/aromatic N) is 4. The van der Waals surface area contributed by atoms with Crippen LogP contribution in [0.25, 0.3) is 0 Å². The zero-order chi connectivity index (χ0) is 20.6. The zero-order valence-electron chi connectivity index (χ0n) is 18.0. The van der Waals surface area contributed by atoms with E-state index >= 15 is 0 Å². The highest BCUT2D eigenvalue weighted by Gasteiger charge is 2.22. The molecular weight excluding hydrogens is 344 g/mol. The second-order valence-corrected chi connectivity index (χ2v) is 8.13. The molecule has 0 fully saturated rings. The van der Waals surface area contributed by atoms with Gasteiger partial charge in [0.15, 0.2) is 5.96 Å². The first kappa shape index (κ1) is 22.8. The minimum absolute atomic E-state index is 0.0266. The van der Waals surface area contributed by atoms with Gasteiger partial charge in [-0.05, 0) is 33.1 Å². The molecular formula is C19H36N6O2. The molecule has 0 spiro atoms. The van der Waals surface area contributed by atoms with Gasteiger partial charge in [0.25, 0.3) is 0 Å². The number of hydrogen-bond acceptors (Lipinski definition) is 4. The van der Waals surface area contributed by atoms with Crippen molar-refractivity contribution in [2.24, 2.45) is 18.0 Å². The summed E-state index contributed by atoms with van der Waals surface area (Å²) in [5.74, 6) is 1.11. The molecule has 0 aromatic carbocycles. The predicted octanol–water partition coefficient (Wildman–Crippen LogP) is 2.37. The van der Waals surface area contributed by atoms with Crippen LogP contribution in [0.1, 0.15) is 46.6 Å². The van der Waals surface area contributed by atoms with Crippen molar-refractivity contribution in [1.82, 2.24) is 25.3 Å². The van der Waals surface area contributed by atoms with E-state index in [9.17, 15) is 4.79 Å². The normalized spacial score (nSPS) is 13.4. The Kier molecular flexibility index (Phi) is 8.59. The van der Waals surface area contributed by atoms with Crippen LogP contribution in [0, 0.1) is 5.92 Å². The average molecular weight is 381 g/mol. The summed E-state index contributed by atoms with van der Waals surface area (Å²) in [5.41, 5.74) is 0.597. The Morgan fingerprint density at radius 2 is 2.07 bits per heavy atom. The van der Waals surface area contributed by atoms with Gasteiger partial charge >= 0.3 is 6.09 Å². The van der Waals surface area contributed by atoms with Crippen LogP contribution in [0.4, 0.5) is 4.79 Å². The smallest absolute Gasteiger partial charge is 0.407 e.